The SMILES string of the molecule is c1ccc2c(c1)CCO[C@H]2CNC[C@@H]1COc2ccccc2O1. The minimum Gasteiger partial charge on any atom is -0.486 e. The first-order chi connectivity index (χ1) is 11.4. The number of ether oxygens (including phenoxy) is 3. The van der Waals surface area contributed by atoms with E-state index in [2.05, 4.69) is 29.6 Å². The van der Waals surface area contributed by atoms with E-state index in [-0.39, 0.29) is 12.2 Å². The second-order valence-electron chi connectivity index (χ2n) is 5.96. The second kappa shape index (κ2) is 6.60. The van der Waals surface area contributed by atoms with Crippen molar-refractivity contribution in [3.63, 3.8) is 0 Å². The maximum atomic E-state index is 5.96. The largest absolute Gasteiger partial charge is 0.486 e. The standard InChI is InChI=1S/C19H21NO3/c1-2-6-16-14(5-1)9-10-21-19(16)12-20-11-15-13-22-17-7-3-4-8-18(17)23-15/h1-8,15,19-20H,9-13H2/t15-,19+/m1/s1. The molecule has 0 unspecified atom stereocenters. The summed E-state index contributed by atoms with van der Waals surface area (Å²) in [6.45, 7) is 2.90. The van der Waals surface area contributed by atoms with Crippen molar-refractivity contribution in [3.05, 3.63) is 59.7 Å². The van der Waals surface area contributed by atoms with E-state index >= 15 is 0 Å². The molecule has 2 atom stereocenters. The number of hydrogen-bond donors (Lipinski definition) is 1. The van der Waals surface area contributed by atoms with Gasteiger partial charge in [0.2, 0.25) is 0 Å². The predicted molar refractivity (Wildman–Crippen MR) is 88.1 cm³/mol. The van der Waals surface area contributed by atoms with Crippen molar-refractivity contribution in [3.8, 4) is 11.5 Å². The first-order valence-electron chi connectivity index (χ1n) is 8.19. The Morgan fingerprint density at radius 3 is 2.74 bits per heavy atom. The Balaban J connectivity index is 1.32. The first kappa shape index (κ1) is 14.5. The molecule has 23 heavy (non-hydrogen) atoms. The van der Waals surface area contributed by atoms with Crippen LogP contribution in [-0.2, 0) is 11.2 Å². The van der Waals surface area contributed by atoms with Gasteiger partial charge in [-0.2, -0.15) is 0 Å². The van der Waals surface area contributed by atoms with Crippen LogP contribution in [0.3, 0.4) is 0 Å². The van der Waals surface area contributed by atoms with Crippen LogP contribution in [0.4, 0.5) is 0 Å². The Kier molecular flexibility index (Phi) is 4.18. The molecule has 4 rings (SSSR count). The quantitative estimate of drug-likeness (QED) is 0.942. The Morgan fingerprint density at radius 1 is 0.957 bits per heavy atom. The van der Waals surface area contributed by atoms with Crippen LogP contribution < -0.4 is 14.8 Å². The molecule has 0 saturated carbocycles. The molecule has 1 N–H and O–H groups in total. The molecule has 0 fully saturated rings. The molecule has 0 aliphatic carbocycles. The summed E-state index contributed by atoms with van der Waals surface area (Å²) in [7, 11) is 0. The summed E-state index contributed by atoms with van der Waals surface area (Å²) in [5.41, 5.74) is 2.70. The van der Waals surface area contributed by atoms with Crippen molar-refractivity contribution in [2.45, 2.75) is 18.6 Å². The van der Waals surface area contributed by atoms with Crippen molar-refractivity contribution in [2.24, 2.45) is 0 Å². The summed E-state index contributed by atoms with van der Waals surface area (Å²) in [5, 5.41) is 3.47. The van der Waals surface area contributed by atoms with Crippen LogP contribution in [0.5, 0.6) is 11.5 Å². The third-order valence-electron chi connectivity index (χ3n) is 4.36. The molecule has 4 nitrogen and oxygen atoms in total. The number of rotatable bonds is 4. The normalized spacial score (nSPS) is 22.4. The Morgan fingerprint density at radius 2 is 1.78 bits per heavy atom. The van der Waals surface area contributed by atoms with Gasteiger partial charge >= 0.3 is 0 Å². The molecular weight excluding hydrogens is 290 g/mol. The molecule has 4 heteroatoms. The van der Waals surface area contributed by atoms with E-state index in [9.17, 15) is 0 Å². The fourth-order valence-corrected chi connectivity index (χ4v) is 3.18. The number of para-hydroxylation sites is 2. The van der Waals surface area contributed by atoms with Gasteiger partial charge in [0.15, 0.2) is 11.5 Å². The van der Waals surface area contributed by atoms with Crippen LogP contribution in [0.2, 0.25) is 0 Å². The van der Waals surface area contributed by atoms with Gasteiger partial charge < -0.3 is 19.5 Å². The van der Waals surface area contributed by atoms with Gasteiger partial charge in [-0.15, -0.1) is 0 Å². The highest BCUT2D eigenvalue weighted by molar-refractivity contribution is 5.40. The third kappa shape index (κ3) is 3.19. The number of hydrogen-bond acceptors (Lipinski definition) is 4. The molecule has 120 valence electrons. The van der Waals surface area contributed by atoms with Crippen LogP contribution in [0.15, 0.2) is 48.5 Å². The van der Waals surface area contributed by atoms with Gasteiger partial charge in [-0.05, 0) is 29.7 Å². The lowest BCUT2D eigenvalue weighted by Crippen LogP contribution is -2.40. The fourth-order valence-electron chi connectivity index (χ4n) is 3.18. The van der Waals surface area contributed by atoms with Gasteiger partial charge in [0.05, 0.1) is 12.7 Å². The smallest absolute Gasteiger partial charge is 0.161 e. The van der Waals surface area contributed by atoms with Gasteiger partial charge in [-0.3, -0.25) is 0 Å². The summed E-state index contributed by atoms with van der Waals surface area (Å²) < 4.78 is 17.6. The average molecular weight is 311 g/mol. The van der Waals surface area contributed by atoms with E-state index in [1.807, 2.05) is 24.3 Å². The highest BCUT2D eigenvalue weighted by Crippen LogP contribution is 2.31. The summed E-state index contributed by atoms with van der Waals surface area (Å²) in [6, 6.07) is 16.3. The molecule has 2 aromatic rings. The Hall–Kier alpha value is -2.04. The maximum Gasteiger partial charge on any atom is 0.161 e. The molecule has 0 aromatic heterocycles. The summed E-state index contributed by atoms with van der Waals surface area (Å²) in [5.74, 6) is 1.65. The van der Waals surface area contributed by atoms with Crippen molar-refractivity contribution < 1.29 is 14.2 Å². The lowest BCUT2D eigenvalue weighted by atomic mass is 9.97. The monoisotopic (exact) mass is 311 g/mol. The lowest BCUT2D eigenvalue weighted by Gasteiger charge is -2.29. The summed E-state index contributed by atoms with van der Waals surface area (Å²) >= 11 is 0. The van der Waals surface area contributed by atoms with E-state index in [0.717, 1.165) is 37.6 Å². The van der Waals surface area contributed by atoms with Crippen LogP contribution in [-0.4, -0.2) is 32.4 Å². The molecule has 2 aliphatic rings. The molecule has 0 spiro atoms. The van der Waals surface area contributed by atoms with Crippen molar-refractivity contribution in [1.29, 1.82) is 0 Å². The van der Waals surface area contributed by atoms with Gasteiger partial charge in [0.1, 0.15) is 12.7 Å². The topological polar surface area (TPSA) is 39.7 Å². The van der Waals surface area contributed by atoms with Gasteiger partial charge in [-0.1, -0.05) is 36.4 Å². The van der Waals surface area contributed by atoms with E-state index in [1.165, 1.54) is 11.1 Å². The predicted octanol–water partition coefficient (Wildman–Crippen LogP) is 2.73. The molecule has 0 amide bonds. The van der Waals surface area contributed by atoms with Crippen LogP contribution in [0.25, 0.3) is 0 Å². The van der Waals surface area contributed by atoms with Crippen LogP contribution >= 0.6 is 0 Å². The summed E-state index contributed by atoms with van der Waals surface area (Å²) in [4.78, 5) is 0. The zero-order chi connectivity index (χ0) is 15.5. The highest BCUT2D eigenvalue weighted by Gasteiger charge is 2.23. The third-order valence-corrected chi connectivity index (χ3v) is 4.36. The molecule has 2 heterocycles. The number of benzene rings is 2. The zero-order valence-electron chi connectivity index (χ0n) is 13.0. The zero-order valence-corrected chi connectivity index (χ0v) is 13.0. The van der Waals surface area contributed by atoms with Crippen molar-refractivity contribution in [1.82, 2.24) is 5.32 Å². The maximum absolute atomic E-state index is 5.96. The number of fused-ring (bicyclic) bond motifs is 2. The fraction of sp³-hybridized carbons (Fsp3) is 0.368. The van der Waals surface area contributed by atoms with Crippen LogP contribution in [0.1, 0.15) is 17.2 Å². The molecule has 0 saturated heterocycles. The molecule has 0 bridgehead atoms. The van der Waals surface area contributed by atoms with Gasteiger partial charge in [0.25, 0.3) is 0 Å². The number of nitrogens with one attached hydrogen (secondary N) is 1. The van der Waals surface area contributed by atoms with E-state index < -0.39 is 0 Å². The summed E-state index contributed by atoms with van der Waals surface area (Å²) in [6.07, 6.45) is 1.16. The average Bonchev–Trinajstić information content (AvgIpc) is 2.62. The minimum absolute atomic E-state index is 0.0312. The second-order valence-corrected chi connectivity index (χ2v) is 5.96. The highest BCUT2D eigenvalue weighted by atomic mass is 16.6. The molecular formula is C19H21NO3. The molecule has 2 aromatic carbocycles. The molecule has 2 aliphatic heterocycles. The van der Waals surface area contributed by atoms with E-state index in [4.69, 9.17) is 14.2 Å². The van der Waals surface area contributed by atoms with E-state index in [1.54, 1.807) is 0 Å². The first-order valence-corrected chi connectivity index (χ1v) is 8.19. The minimum atomic E-state index is 0.0312. The van der Waals surface area contributed by atoms with Crippen molar-refractivity contribution in [2.75, 3.05) is 26.3 Å². The van der Waals surface area contributed by atoms with Crippen LogP contribution in [0, 0.1) is 0 Å². The Labute approximate surface area is 136 Å². The van der Waals surface area contributed by atoms with Crippen molar-refractivity contribution >= 4 is 0 Å². The molecule has 0 radical (unpaired) electrons. The Bertz CT molecular complexity index is 673. The van der Waals surface area contributed by atoms with Gasteiger partial charge in [0, 0.05) is 13.1 Å². The van der Waals surface area contributed by atoms with E-state index in [0.29, 0.717) is 6.61 Å². The van der Waals surface area contributed by atoms with Gasteiger partial charge in [-0.25, -0.2) is 0 Å². The lowest BCUT2D eigenvalue weighted by molar-refractivity contribution is 0.0372.